The fourth-order valence-corrected chi connectivity index (χ4v) is 10.4. The largest absolute Gasteiger partial charge is 0.506 e. The summed E-state index contributed by atoms with van der Waals surface area (Å²) in [5.74, 6) is -6.46. The third kappa shape index (κ3) is 4.83. The van der Waals surface area contributed by atoms with Gasteiger partial charge in [0.2, 0.25) is 0 Å². The predicted octanol–water partition coefficient (Wildman–Crippen LogP) is 6.85. The summed E-state index contributed by atoms with van der Waals surface area (Å²) in [5, 5.41) is 24.2. The van der Waals surface area contributed by atoms with Crippen LogP contribution in [0.15, 0.2) is 22.6 Å². The molecule has 0 amide bonds. The summed E-state index contributed by atoms with van der Waals surface area (Å²) < 4.78 is 6.29. The average Bonchev–Trinajstić information content (AvgIpc) is 3.43. The minimum Gasteiger partial charge on any atom is -0.506 e. The van der Waals surface area contributed by atoms with Crippen LogP contribution in [0.2, 0.25) is 0 Å². The molecule has 258 valence electrons. The second kappa shape index (κ2) is 11.6. The average molecular weight is 659 g/mol. The van der Waals surface area contributed by atoms with Crippen LogP contribution in [0.4, 0.5) is 0 Å². The number of fused-ring (bicyclic) bond motifs is 3. The molecule has 0 aliphatic heterocycles. The SMILES string of the molecule is CC(=O)C1C(=O)C(C(C)C)[C@@]2(C)C[C@@]3(C)Cc4c(C(C)C)cc(-c5ccc(CC6CCC(C)CC6)o5)c(O)c4C(=O)C3C(=O)[C@@]2(O)C1=O. The molecule has 48 heavy (non-hydrogen) atoms. The lowest BCUT2D eigenvalue weighted by Crippen LogP contribution is -2.76. The minimum atomic E-state index is -2.72. The molecule has 2 N–H and O–H groups in total. The van der Waals surface area contributed by atoms with Gasteiger partial charge in [-0.2, -0.15) is 0 Å². The van der Waals surface area contributed by atoms with Gasteiger partial charge < -0.3 is 14.6 Å². The molecule has 6 atom stereocenters. The molecular weight excluding hydrogens is 608 g/mol. The lowest BCUT2D eigenvalue weighted by Gasteiger charge is -2.62. The van der Waals surface area contributed by atoms with Crippen molar-refractivity contribution < 1.29 is 38.6 Å². The van der Waals surface area contributed by atoms with Crippen molar-refractivity contribution >= 4 is 28.9 Å². The Morgan fingerprint density at radius 1 is 1.00 bits per heavy atom. The van der Waals surface area contributed by atoms with Crippen molar-refractivity contribution in [2.75, 3.05) is 0 Å². The van der Waals surface area contributed by atoms with E-state index in [4.69, 9.17) is 4.42 Å². The Labute approximate surface area is 283 Å². The van der Waals surface area contributed by atoms with Gasteiger partial charge in [-0.25, -0.2) is 0 Å². The Morgan fingerprint density at radius 3 is 2.23 bits per heavy atom. The maximum absolute atomic E-state index is 14.7. The van der Waals surface area contributed by atoms with E-state index in [-0.39, 0.29) is 36.0 Å². The Morgan fingerprint density at radius 2 is 1.65 bits per heavy atom. The van der Waals surface area contributed by atoms with Crippen molar-refractivity contribution in [3.05, 3.63) is 40.6 Å². The smallest absolute Gasteiger partial charge is 0.190 e. The molecule has 3 fully saturated rings. The van der Waals surface area contributed by atoms with E-state index in [1.54, 1.807) is 20.8 Å². The molecule has 0 bridgehead atoms. The number of aliphatic hydroxyl groups is 1. The van der Waals surface area contributed by atoms with Gasteiger partial charge in [-0.1, -0.05) is 61.3 Å². The van der Waals surface area contributed by atoms with Gasteiger partial charge in [0, 0.05) is 17.8 Å². The zero-order chi connectivity index (χ0) is 35.2. The Balaban J connectivity index is 1.46. The third-order valence-corrected chi connectivity index (χ3v) is 12.6. The van der Waals surface area contributed by atoms with Gasteiger partial charge in [-0.3, -0.25) is 24.0 Å². The predicted molar refractivity (Wildman–Crippen MR) is 180 cm³/mol. The van der Waals surface area contributed by atoms with Crippen LogP contribution in [0.1, 0.15) is 121 Å². The van der Waals surface area contributed by atoms with Crippen LogP contribution in [-0.4, -0.2) is 44.7 Å². The lowest BCUT2D eigenvalue weighted by atomic mass is 9.39. The maximum atomic E-state index is 14.7. The number of rotatable bonds is 6. The van der Waals surface area contributed by atoms with Gasteiger partial charge in [0.1, 0.15) is 29.0 Å². The van der Waals surface area contributed by atoms with Crippen molar-refractivity contribution in [3.63, 3.8) is 0 Å². The van der Waals surface area contributed by atoms with Gasteiger partial charge >= 0.3 is 0 Å². The highest BCUT2D eigenvalue weighted by molar-refractivity contribution is 6.32. The first kappa shape index (κ1) is 34.5. The standard InChI is InChI=1S/C40H50O8/c1-19(2)25-16-26(28-14-13-24(48-28)15-23-11-9-21(5)10-12-23)33(42)30-27(25)17-38(7)18-39(8)31(20(3)4)34(43)29(22(6)41)36(45)40(39,47)37(46)32(38)35(30)44/h13-14,16,19-21,23,29,31-32,42,47H,9-12,15,17-18H2,1-8H3/t21?,23?,29?,31?,32?,38-,39-,40+/m1/s1. The number of Topliss-reactive ketones (excluding diaryl/α,β-unsaturated/α-hetero) is 5. The van der Waals surface area contributed by atoms with Crippen LogP contribution in [0.3, 0.4) is 0 Å². The van der Waals surface area contributed by atoms with E-state index in [0.29, 0.717) is 22.8 Å². The number of carbonyl (C=O) groups is 5. The van der Waals surface area contributed by atoms with Gasteiger partial charge in [0.05, 0.1) is 17.0 Å². The fraction of sp³-hybridized carbons (Fsp3) is 0.625. The molecule has 4 aliphatic carbocycles. The number of phenols is 1. The zero-order valence-electron chi connectivity index (χ0n) is 29.6. The Kier molecular flexibility index (Phi) is 8.33. The molecule has 0 spiro atoms. The number of hydrogen-bond acceptors (Lipinski definition) is 8. The van der Waals surface area contributed by atoms with Crippen LogP contribution in [-0.2, 0) is 32.0 Å². The molecule has 1 aromatic heterocycles. The van der Waals surface area contributed by atoms with Crippen LogP contribution >= 0.6 is 0 Å². The number of ketones is 5. The molecule has 3 saturated carbocycles. The van der Waals surface area contributed by atoms with Crippen molar-refractivity contribution in [2.45, 2.75) is 112 Å². The number of benzene rings is 1. The van der Waals surface area contributed by atoms with Crippen molar-refractivity contribution in [2.24, 2.45) is 46.3 Å². The maximum Gasteiger partial charge on any atom is 0.190 e. The summed E-state index contributed by atoms with van der Waals surface area (Å²) in [5.41, 5.74) is -3.46. The van der Waals surface area contributed by atoms with Gasteiger partial charge in [-0.15, -0.1) is 0 Å². The highest BCUT2D eigenvalue weighted by Gasteiger charge is 2.76. The number of carbonyl (C=O) groups excluding carboxylic acids is 5. The summed E-state index contributed by atoms with van der Waals surface area (Å²) in [6.07, 6.45) is 5.76. The Bertz CT molecular complexity index is 1720. The summed E-state index contributed by atoms with van der Waals surface area (Å²) in [6, 6.07) is 5.62. The summed E-state index contributed by atoms with van der Waals surface area (Å²) in [4.78, 5) is 69.8. The third-order valence-electron chi connectivity index (χ3n) is 12.6. The van der Waals surface area contributed by atoms with Crippen molar-refractivity contribution in [1.29, 1.82) is 0 Å². The molecule has 6 rings (SSSR count). The monoisotopic (exact) mass is 658 g/mol. The van der Waals surface area contributed by atoms with E-state index in [2.05, 4.69) is 6.92 Å². The molecule has 3 unspecified atom stereocenters. The summed E-state index contributed by atoms with van der Waals surface area (Å²) in [7, 11) is 0. The van der Waals surface area contributed by atoms with E-state index in [0.717, 1.165) is 43.4 Å². The van der Waals surface area contributed by atoms with E-state index in [9.17, 15) is 34.2 Å². The summed E-state index contributed by atoms with van der Waals surface area (Å²) in [6.45, 7) is 14.4. The van der Waals surface area contributed by atoms with E-state index in [1.165, 1.54) is 12.8 Å². The number of furan rings is 1. The molecule has 8 heteroatoms. The van der Waals surface area contributed by atoms with E-state index in [1.807, 2.05) is 39.0 Å². The minimum absolute atomic E-state index is 0.0151. The van der Waals surface area contributed by atoms with E-state index < -0.39 is 63.1 Å². The van der Waals surface area contributed by atoms with Crippen LogP contribution < -0.4 is 0 Å². The van der Waals surface area contributed by atoms with Crippen LogP contribution in [0.25, 0.3) is 11.3 Å². The molecule has 4 aliphatic rings. The quantitative estimate of drug-likeness (QED) is 0.322. The number of aromatic hydroxyl groups is 1. The highest BCUT2D eigenvalue weighted by atomic mass is 16.3. The molecule has 8 nitrogen and oxygen atoms in total. The first-order chi connectivity index (χ1) is 22.4. The van der Waals surface area contributed by atoms with Crippen LogP contribution in [0.5, 0.6) is 5.75 Å². The van der Waals surface area contributed by atoms with Crippen molar-refractivity contribution in [1.82, 2.24) is 0 Å². The fourth-order valence-electron chi connectivity index (χ4n) is 10.4. The van der Waals surface area contributed by atoms with Crippen molar-refractivity contribution in [3.8, 4) is 17.1 Å². The van der Waals surface area contributed by atoms with Gasteiger partial charge in [-0.05, 0) is 91.0 Å². The molecule has 0 radical (unpaired) electrons. The van der Waals surface area contributed by atoms with Gasteiger partial charge in [0.15, 0.2) is 28.7 Å². The number of phenolic OH excluding ortho intramolecular Hbond substituents is 1. The highest BCUT2D eigenvalue weighted by Crippen LogP contribution is 2.64. The molecule has 1 aromatic carbocycles. The number of hydrogen-bond donors (Lipinski definition) is 2. The summed E-state index contributed by atoms with van der Waals surface area (Å²) >= 11 is 0. The van der Waals surface area contributed by atoms with Gasteiger partial charge in [0.25, 0.3) is 0 Å². The second-order valence-corrected chi connectivity index (χ2v) is 16.8. The Hall–Kier alpha value is -3.39. The zero-order valence-corrected chi connectivity index (χ0v) is 29.6. The molecule has 0 saturated heterocycles. The lowest BCUT2D eigenvalue weighted by molar-refractivity contribution is -0.205. The first-order valence-electron chi connectivity index (χ1n) is 17.7. The molecule has 2 aromatic rings. The molecular formula is C40H50O8. The van der Waals surface area contributed by atoms with E-state index >= 15 is 0 Å². The second-order valence-electron chi connectivity index (χ2n) is 16.8. The van der Waals surface area contributed by atoms with Crippen LogP contribution in [0, 0.1) is 46.3 Å². The first-order valence-corrected chi connectivity index (χ1v) is 17.7. The normalized spacial score (nSPS) is 35.1. The molecule has 1 heterocycles. The topological polar surface area (TPSA) is 139 Å².